The molecule has 1 N–H and O–H groups in total. The number of ketones is 1. The van der Waals surface area contributed by atoms with Gasteiger partial charge in [-0.2, -0.15) is 0 Å². The highest BCUT2D eigenvalue weighted by atomic mass is 32.1. The zero-order valence-electron chi connectivity index (χ0n) is 11.4. The van der Waals surface area contributed by atoms with Crippen molar-refractivity contribution in [3.63, 3.8) is 0 Å². The van der Waals surface area contributed by atoms with Gasteiger partial charge in [-0.25, -0.2) is 4.98 Å². The maximum atomic E-state index is 12.6. The summed E-state index contributed by atoms with van der Waals surface area (Å²) in [6.45, 7) is 2.31. The summed E-state index contributed by atoms with van der Waals surface area (Å²) in [6, 6.07) is 7.16. The standard InChI is InChI=1S/C15H14N2O3S/c1-2-19-14-11(9-17-15-16-7-8-21-15)13(18)10-5-3-4-6-12(10)20-14/h3-9,14H,2H2,1H3,(H,16,17)/b11-9-. The van der Waals surface area contributed by atoms with Crippen LogP contribution in [0, 0.1) is 0 Å². The monoisotopic (exact) mass is 302 g/mol. The maximum absolute atomic E-state index is 12.6. The van der Waals surface area contributed by atoms with Crippen LogP contribution in [0.4, 0.5) is 5.13 Å². The number of carbonyl (C=O) groups excluding carboxylic acids is 1. The zero-order chi connectivity index (χ0) is 14.7. The number of Topliss-reactive ketones (excluding diaryl/α,β-unsaturated/α-hetero) is 1. The lowest BCUT2D eigenvalue weighted by Crippen LogP contribution is -2.33. The molecule has 2 heterocycles. The number of carbonyl (C=O) groups is 1. The molecule has 0 spiro atoms. The molecule has 0 bridgehead atoms. The quantitative estimate of drug-likeness (QED) is 0.880. The number of thiazole rings is 1. The number of anilines is 1. The predicted molar refractivity (Wildman–Crippen MR) is 80.6 cm³/mol. The first-order valence-electron chi connectivity index (χ1n) is 6.57. The number of ether oxygens (including phenoxy) is 2. The molecule has 1 aliphatic heterocycles. The molecule has 1 atom stereocenters. The average molecular weight is 302 g/mol. The van der Waals surface area contributed by atoms with E-state index in [1.54, 1.807) is 24.5 Å². The van der Waals surface area contributed by atoms with Crippen LogP contribution in [0.25, 0.3) is 0 Å². The molecule has 1 aliphatic rings. The van der Waals surface area contributed by atoms with Gasteiger partial charge >= 0.3 is 0 Å². The Morgan fingerprint density at radius 1 is 1.48 bits per heavy atom. The molecule has 3 rings (SSSR count). The second-order valence-corrected chi connectivity index (χ2v) is 5.21. The molecule has 0 radical (unpaired) electrons. The van der Waals surface area contributed by atoms with Crippen molar-refractivity contribution in [3.8, 4) is 5.75 Å². The third kappa shape index (κ3) is 2.81. The maximum Gasteiger partial charge on any atom is 0.232 e. The number of hydrogen-bond donors (Lipinski definition) is 1. The van der Waals surface area contributed by atoms with E-state index in [0.29, 0.717) is 28.6 Å². The third-order valence-electron chi connectivity index (χ3n) is 2.98. The molecule has 2 aromatic rings. The summed E-state index contributed by atoms with van der Waals surface area (Å²) >= 11 is 1.45. The van der Waals surface area contributed by atoms with Crippen LogP contribution in [0.3, 0.4) is 0 Å². The molecule has 1 unspecified atom stereocenters. The Morgan fingerprint density at radius 2 is 2.33 bits per heavy atom. The molecule has 5 nitrogen and oxygen atoms in total. The van der Waals surface area contributed by atoms with Gasteiger partial charge in [-0.3, -0.25) is 4.79 Å². The number of aromatic nitrogens is 1. The largest absolute Gasteiger partial charge is 0.460 e. The summed E-state index contributed by atoms with van der Waals surface area (Å²) in [5.74, 6) is 0.451. The van der Waals surface area contributed by atoms with E-state index in [2.05, 4.69) is 10.3 Å². The van der Waals surface area contributed by atoms with Crippen molar-refractivity contribution in [2.75, 3.05) is 11.9 Å². The van der Waals surface area contributed by atoms with Crippen molar-refractivity contribution in [1.82, 2.24) is 4.98 Å². The van der Waals surface area contributed by atoms with Gasteiger partial charge in [0.25, 0.3) is 0 Å². The minimum atomic E-state index is -0.704. The highest BCUT2D eigenvalue weighted by Crippen LogP contribution is 2.31. The van der Waals surface area contributed by atoms with E-state index in [0.717, 1.165) is 0 Å². The molecular weight excluding hydrogens is 288 g/mol. The summed E-state index contributed by atoms with van der Waals surface area (Å²) in [5.41, 5.74) is 0.978. The van der Waals surface area contributed by atoms with Gasteiger partial charge in [0.1, 0.15) is 5.75 Å². The zero-order valence-corrected chi connectivity index (χ0v) is 12.2. The van der Waals surface area contributed by atoms with Crippen molar-refractivity contribution in [1.29, 1.82) is 0 Å². The van der Waals surface area contributed by atoms with E-state index in [4.69, 9.17) is 9.47 Å². The molecule has 0 amide bonds. The van der Waals surface area contributed by atoms with Crippen molar-refractivity contribution in [3.05, 3.63) is 53.2 Å². The van der Waals surface area contributed by atoms with E-state index in [1.165, 1.54) is 11.3 Å². The molecular formula is C15H14N2O3S. The van der Waals surface area contributed by atoms with E-state index in [1.807, 2.05) is 24.4 Å². The molecule has 1 aromatic heterocycles. The van der Waals surface area contributed by atoms with Crippen molar-refractivity contribution >= 4 is 22.3 Å². The fourth-order valence-electron chi connectivity index (χ4n) is 2.04. The molecule has 108 valence electrons. The minimum Gasteiger partial charge on any atom is -0.460 e. The number of para-hydroxylation sites is 1. The second-order valence-electron chi connectivity index (χ2n) is 4.31. The molecule has 0 saturated carbocycles. The molecule has 21 heavy (non-hydrogen) atoms. The van der Waals surface area contributed by atoms with Crippen LogP contribution in [-0.4, -0.2) is 23.7 Å². The Kier molecular flexibility index (Phi) is 3.98. The third-order valence-corrected chi connectivity index (χ3v) is 3.69. The van der Waals surface area contributed by atoms with Crippen molar-refractivity contribution < 1.29 is 14.3 Å². The van der Waals surface area contributed by atoms with Gasteiger partial charge in [0, 0.05) is 24.4 Å². The van der Waals surface area contributed by atoms with Crippen LogP contribution in [0.2, 0.25) is 0 Å². The summed E-state index contributed by atoms with van der Waals surface area (Å²) < 4.78 is 11.3. The van der Waals surface area contributed by atoms with Gasteiger partial charge in [-0.15, -0.1) is 11.3 Å². The molecule has 0 aliphatic carbocycles. The van der Waals surface area contributed by atoms with Gasteiger partial charge in [0.05, 0.1) is 11.1 Å². The SMILES string of the molecule is CCOC1Oc2ccccc2C(=O)/C1=C/Nc1nccs1. The normalized spacial score (nSPS) is 19.2. The van der Waals surface area contributed by atoms with Gasteiger partial charge in [0.2, 0.25) is 6.29 Å². The van der Waals surface area contributed by atoms with Crippen LogP contribution in [-0.2, 0) is 4.74 Å². The fourth-order valence-corrected chi connectivity index (χ4v) is 2.54. The van der Waals surface area contributed by atoms with E-state index in [-0.39, 0.29) is 5.78 Å². The van der Waals surface area contributed by atoms with Crippen LogP contribution in [0.5, 0.6) is 5.75 Å². The first kappa shape index (κ1) is 13.8. The molecule has 0 saturated heterocycles. The van der Waals surface area contributed by atoms with Crippen LogP contribution < -0.4 is 10.1 Å². The van der Waals surface area contributed by atoms with Crippen LogP contribution >= 0.6 is 11.3 Å². The fraction of sp³-hybridized carbons (Fsp3) is 0.200. The predicted octanol–water partition coefficient (Wildman–Crippen LogP) is 3.08. The summed E-state index contributed by atoms with van der Waals surface area (Å²) in [7, 11) is 0. The van der Waals surface area contributed by atoms with E-state index >= 15 is 0 Å². The van der Waals surface area contributed by atoms with Crippen LogP contribution in [0.1, 0.15) is 17.3 Å². The molecule has 0 fully saturated rings. The molecule has 6 heteroatoms. The lowest BCUT2D eigenvalue weighted by atomic mass is 10.00. The Labute approximate surface area is 126 Å². The number of fused-ring (bicyclic) bond motifs is 1. The summed E-state index contributed by atoms with van der Waals surface area (Å²) in [6.07, 6.45) is 2.60. The summed E-state index contributed by atoms with van der Waals surface area (Å²) in [4.78, 5) is 16.7. The van der Waals surface area contributed by atoms with Crippen LogP contribution in [0.15, 0.2) is 47.6 Å². The van der Waals surface area contributed by atoms with Gasteiger partial charge in [0.15, 0.2) is 10.9 Å². The lowest BCUT2D eigenvalue weighted by molar-refractivity contribution is -0.0509. The Balaban J connectivity index is 1.92. The van der Waals surface area contributed by atoms with Gasteiger partial charge in [-0.05, 0) is 19.1 Å². The average Bonchev–Trinajstić information content (AvgIpc) is 3.01. The Morgan fingerprint density at radius 3 is 3.10 bits per heavy atom. The first-order chi connectivity index (χ1) is 10.3. The smallest absolute Gasteiger partial charge is 0.232 e. The van der Waals surface area contributed by atoms with Gasteiger partial charge in [-0.1, -0.05) is 12.1 Å². The van der Waals surface area contributed by atoms with Gasteiger partial charge < -0.3 is 14.8 Å². The van der Waals surface area contributed by atoms with Crippen molar-refractivity contribution in [2.45, 2.75) is 13.2 Å². The van der Waals surface area contributed by atoms with Crippen molar-refractivity contribution in [2.24, 2.45) is 0 Å². The number of nitrogens with one attached hydrogen (secondary N) is 1. The first-order valence-corrected chi connectivity index (χ1v) is 7.45. The van der Waals surface area contributed by atoms with E-state index in [9.17, 15) is 4.79 Å². The topological polar surface area (TPSA) is 60.5 Å². The minimum absolute atomic E-state index is 0.0978. The van der Waals surface area contributed by atoms with E-state index < -0.39 is 6.29 Å². The number of rotatable bonds is 4. The molecule has 1 aromatic carbocycles. The highest BCUT2D eigenvalue weighted by Gasteiger charge is 2.32. The number of benzene rings is 1. The number of nitrogens with zero attached hydrogens (tertiary/aromatic N) is 1. The summed E-state index contributed by atoms with van der Waals surface area (Å²) in [5, 5.41) is 5.58. The lowest BCUT2D eigenvalue weighted by Gasteiger charge is -2.27. The number of hydrogen-bond acceptors (Lipinski definition) is 6. The Hall–Kier alpha value is -2.18. The Bertz CT molecular complexity index is 667. The second kappa shape index (κ2) is 6.07. The highest BCUT2D eigenvalue weighted by molar-refractivity contribution is 7.13.